The molecule has 0 aliphatic rings. The lowest BCUT2D eigenvalue weighted by Gasteiger charge is -1.98. The van der Waals surface area contributed by atoms with Crippen LogP contribution in [-0.4, -0.2) is 5.16 Å². The molecule has 0 spiro atoms. The highest BCUT2D eigenvalue weighted by molar-refractivity contribution is 5.61. The first-order valence-corrected chi connectivity index (χ1v) is 6.25. The minimum Gasteiger partial charge on any atom is -0.356 e. The fourth-order valence-corrected chi connectivity index (χ4v) is 1.62. The van der Waals surface area contributed by atoms with Crippen LogP contribution in [-0.2, 0) is 6.42 Å². The second kappa shape index (κ2) is 6.89. The Kier molecular flexibility index (Phi) is 5.47. The predicted molar refractivity (Wildman–Crippen MR) is 72.0 cm³/mol. The summed E-state index contributed by atoms with van der Waals surface area (Å²) in [5.41, 5.74) is 3.30. The van der Waals surface area contributed by atoms with Crippen molar-refractivity contribution in [1.82, 2.24) is 5.16 Å². The summed E-state index contributed by atoms with van der Waals surface area (Å²) in [4.78, 5) is 0. The van der Waals surface area contributed by atoms with Crippen LogP contribution < -0.4 is 0 Å². The van der Waals surface area contributed by atoms with Gasteiger partial charge in [0.05, 0.1) is 5.69 Å². The van der Waals surface area contributed by atoms with E-state index in [0.29, 0.717) is 0 Å². The summed E-state index contributed by atoms with van der Waals surface area (Å²) in [7, 11) is 0. The standard InChI is InChI=1S/C12H13NO.C3H8/c1-3-11-9(2)13-14-12(11)10-7-5-4-6-8-10;1-3-2/h4-8H,3H2,1-2H3;3H2,1-2H3. The molecule has 0 amide bonds. The van der Waals surface area contributed by atoms with Gasteiger partial charge in [-0.2, -0.15) is 0 Å². The van der Waals surface area contributed by atoms with Gasteiger partial charge in [0, 0.05) is 11.1 Å². The number of hydrogen-bond donors (Lipinski definition) is 0. The van der Waals surface area contributed by atoms with Crippen molar-refractivity contribution >= 4 is 0 Å². The SMILES string of the molecule is CCC.CCc1c(C)noc1-c1ccccc1. The van der Waals surface area contributed by atoms with Crippen LogP contribution in [0.15, 0.2) is 34.9 Å². The first-order valence-electron chi connectivity index (χ1n) is 6.25. The second-order valence-corrected chi connectivity index (χ2v) is 4.00. The number of aromatic nitrogens is 1. The van der Waals surface area contributed by atoms with Crippen LogP contribution in [0.25, 0.3) is 11.3 Å². The average molecular weight is 231 g/mol. The lowest BCUT2D eigenvalue weighted by atomic mass is 10.1. The lowest BCUT2D eigenvalue weighted by Crippen LogP contribution is -1.84. The van der Waals surface area contributed by atoms with Crippen molar-refractivity contribution in [2.24, 2.45) is 0 Å². The molecule has 0 fully saturated rings. The van der Waals surface area contributed by atoms with E-state index in [-0.39, 0.29) is 0 Å². The van der Waals surface area contributed by atoms with Gasteiger partial charge >= 0.3 is 0 Å². The van der Waals surface area contributed by atoms with Crippen LogP contribution in [0.4, 0.5) is 0 Å². The fraction of sp³-hybridized carbons (Fsp3) is 0.400. The molecule has 2 rings (SSSR count). The summed E-state index contributed by atoms with van der Waals surface area (Å²) in [5, 5.41) is 3.99. The van der Waals surface area contributed by atoms with Crippen molar-refractivity contribution in [2.75, 3.05) is 0 Å². The van der Waals surface area contributed by atoms with Crippen molar-refractivity contribution < 1.29 is 4.52 Å². The molecule has 92 valence electrons. The van der Waals surface area contributed by atoms with Crippen LogP contribution in [0, 0.1) is 6.92 Å². The van der Waals surface area contributed by atoms with Crippen molar-refractivity contribution in [2.45, 2.75) is 40.5 Å². The third-order valence-corrected chi connectivity index (χ3v) is 2.37. The van der Waals surface area contributed by atoms with Gasteiger partial charge in [0.25, 0.3) is 0 Å². The fourth-order valence-electron chi connectivity index (χ4n) is 1.62. The van der Waals surface area contributed by atoms with E-state index in [1.165, 1.54) is 12.0 Å². The Morgan fingerprint density at radius 2 is 1.65 bits per heavy atom. The number of nitrogens with zero attached hydrogens (tertiary/aromatic N) is 1. The molecule has 0 unspecified atom stereocenters. The largest absolute Gasteiger partial charge is 0.356 e. The molecule has 0 bridgehead atoms. The van der Waals surface area contributed by atoms with Gasteiger partial charge in [0.1, 0.15) is 0 Å². The summed E-state index contributed by atoms with van der Waals surface area (Å²) in [5.74, 6) is 0.908. The summed E-state index contributed by atoms with van der Waals surface area (Å²) >= 11 is 0. The maximum atomic E-state index is 5.32. The van der Waals surface area contributed by atoms with E-state index < -0.39 is 0 Å². The highest BCUT2D eigenvalue weighted by atomic mass is 16.5. The number of aryl methyl sites for hydroxylation is 1. The molecule has 17 heavy (non-hydrogen) atoms. The molecule has 0 N–H and O–H groups in total. The van der Waals surface area contributed by atoms with Gasteiger partial charge in [-0.15, -0.1) is 0 Å². The minimum atomic E-state index is 0.908. The lowest BCUT2D eigenvalue weighted by molar-refractivity contribution is 0.426. The van der Waals surface area contributed by atoms with E-state index in [1.807, 2.05) is 37.3 Å². The Balaban J connectivity index is 0.000000437. The number of rotatable bonds is 2. The van der Waals surface area contributed by atoms with Crippen LogP contribution in [0.1, 0.15) is 38.4 Å². The zero-order chi connectivity index (χ0) is 12.7. The third kappa shape index (κ3) is 3.45. The Morgan fingerprint density at radius 1 is 1.06 bits per heavy atom. The molecule has 1 heterocycles. The van der Waals surface area contributed by atoms with Crippen molar-refractivity contribution in [3.8, 4) is 11.3 Å². The van der Waals surface area contributed by atoms with Crippen molar-refractivity contribution in [3.63, 3.8) is 0 Å². The smallest absolute Gasteiger partial charge is 0.170 e. The van der Waals surface area contributed by atoms with E-state index >= 15 is 0 Å². The molecule has 0 atom stereocenters. The molecule has 2 nitrogen and oxygen atoms in total. The van der Waals surface area contributed by atoms with Crippen LogP contribution in [0.5, 0.6) is 0 Å². The molecule has 0 saturated heterocycles. The Hall–Kier alpha value is -1.57. The summed E-state index contributed by atoms with van der Waals surface area (Å²) in [6.45, 7) is 8.35. The van der Waals surface area contributed by atoms with Crippen LogP contribution in [0.2, 0.25) is 0 Å². The Bertz CT molecular complexity index is 431. The van der Waals surface area contributed by atoms with Crippen LogP contribution >= 0.6 is 0 Å². The molecule has 2 aromatic rings. The maximum absolute atomic E-state index is 5.32. The molecule has 0 aliphatic heterocycles. The third-order valence-electron chi connectivity index (χ3n) is 2.37. The van der Waals surface area contributed by atoms with E-state index in [9.17, 15) is 0 Å². The number of benzene rings is 1. The highest BCUT2D eigenvalue weighted by Crippen LogP contribution is 2.25. The number of hydrogen-bond acceptors (Lipinski definition) is 2. The second-order valence-electron chi connectivity index (χ2n) is 4.00. The molecule has 0 saturated carbocycles. The van der Waals surface area contributed by atoms with Gasteiger partial charge in [-0.1, -0.05) is 62.7 Å². The van der Waals surface area contributed by atoms with Gasteiger partial charge < -0.3 is 4.52 Å². The minimum absolute atomic E-state index is 0.908. The quantitative estimate of drug-likeness (QED) is 0.753. The zero-order valence-electron chi connectivity index (χ0n) is 11.2. The molecule has 1 aromatic heterocycles. The van der Waals surface area contributed by atoms with Crippen LogP contribution in [0.3, 0.4) is 0 Å². The monoisotopic (exact) mass is 231 g/mol. The van der Waals surface area contributed by atoms with E-state index in [1.54, 1.807) is 0 Å². The highest BCUT2D eigenvalue weighted by Gasteiger charge is 2.11. The van der Waals surface area contributed by atoms with Gasteiger partial charge in [-0.25, -0.2) is 0 Å². The van der Waals surface area contributed by atoms with E-state index in [4.69, 9.17) is 4.52 Å². The topological polar surface area (TPSA) is 26.0 Å². The van der Waals surface area contributed by atoms with Crippen molar-refractivity contribution in [1.29, 1.82) is 0 Å². The molecule has 1 aromatic carbocycles. The molecular weight excluding hydrogens is 210 g/mol. The van der Waals surface area contributed by atoms with Crippen molar-refractivity contribution in [3.05, 3.63) is 41.6 Å². The van der Waals surface area contributed by atoms with Gasteiger partial charge in [0.2, 0.25) is 0 Å². The van der Waals surface area contributed by atoms with Gasteiger partial charge in [0.15, 0.2) is 5.76 Å². The molecule has 0 aliphatic carbocycles. The first-order chi connectivity index (χ1) is 8.24. The average Bonchev–Trinajstić information content (AvgIpc) is 2.72. The Morgan fingerprint density at radius 3 is 2.18 bits per heavy atom. The Labute approximate surface area is 104 Å². The predicted octanol–water partition coefficient (Wildman–Crippen LogP) is 4.63. The molecule has 0 radical (unpaired) electrons. The van der Waals surface area contributed by atoms with Gasteiger partial charge in [-0.3, -0.25) is 0 Å². The van der Waals surface area contributed by atoms with E-state index in [0.717, 1.165) is 23.4 Å². The zero-order valence-corrected chi connectivity index (χ0v) is 11.2. The van der Waals surface area contributed by atoms with E-state index in [2.05, 4.69) is 25.9 Å². The molecular formula is C15H21NO. The van der Waals surface area contributed by atoms with Gasteiger partial charge in [-0.05, 0) is 13.3 Å². The maximum Gasteiger partial charge on any atom is 0.170 e. The summed E-state index contributed by atoms with van der Waals surface area (Å²) in [6, 6.07) is 10.1. The first kappa shape index (κ1) is 13.5. The molecule has 2 heteroatoms. The summed E-state index contributed by atoms with van der Waals surface area (Å²) in [6.07, 6.45) is 2.21. The summed E-state index contributed by atoms with van der Waals surface area (Å²) < 4.78 is 5.32. The normalized spacial score (nSPS) is 9.65.